The highest BCUT2D eigenvalue weighted by molar-refractivity contribution is 6.32. The van der Waals surface area contributed by atoms with E-state index in [0.29, 0.717) is 22.1 Å². The van der Waals surface area contributed by atoms with Crippen LogP contribution in [0.4, 0.5) is 0 Å². The van der Waals surface area contributed by atoms with E-state index in [2.05, 4.69) is 6.07 Å². The Kier molecular flexibility index (Phi) is 3.21. The van der Waals surface area contributed by atoms with Gasteiger partial charge in [0.2, 0.25) is 0 Å². The first-order valence-electron chi connectivity index (χ1n) is 3.96. The number of ether oxygens (including phenoxy) is 2. The Labute approximate surface area is 87.8 Å². The Hall–Kier alpha value is -1.40. The van der Waals surface area contributed by atoms with Crippen molar-refractivity contribution in [1.29, 1.82) is 5.26 Å². The molecule has 0 atom stereocenters. The van der Waals surface area contributed by atoms with Crippen molar-refractivity contribution in [3.8, 4) is 17.6 Å². The summed E-state index contributed by atoms with van der Waals surface area (Å²) in [6, 6.07) is 3.74. The minimum atomic E-state index is 0.389. The molecule has 0 N–H and O–H groups in total. The highest BCUT2D eigenvalue weighted by Crippen LogP contribution is 2.39. The maximum atomic E-state index is 8.91. The molecule has 0 aromatic heterocycles. The number of rotatable bonds is 2. The molecule has 0 spiro atoms. The molecule has 74 valence electrons. The van der Waals surface area contributed by atoms with Crippen LogP contribution in [0.25, 0.3) is 0 Å². The number of hydrogen-bond donors (Lipinski definition) is 0. The van der Waals surface area contributed by atoms with Crippen LogP contribution in [0, 0.1) is 18.3 Å². The normalized spacial score (nSPS) is 9.36. The van der Waals surface area contributed by atoms with Gasteiger partial charge in [0.15, 0.2) is 11.5 Å². The molecule has 0 bridgehead atoms. The minimum absolute atomic E-state index is 0.389. The predicted octanol–water partition coefficient (Wildman–Crippen LogP) is 2.54. The second-order valence-corrected chi connectivity index (χ2v) is 3.14. The van der Waals surface area contributed by atoms with E-state index >= 15 is 0 Å². The van der Waals surface area contributed by atoms with Crippen LogP contribution in [0.2, 0.25) is 5.02 Å². The van der Waals surface area contributed by atoms with E-state index in [9.17, 15) is 0 Å². The molecule has 0 radical (unpaired) electrons. The van der Waals surface area contributed by atoms with Gasteiger partial charge >= 0.3 is 0 Å². The summed E-state index contributed by atoms with van der Waals surface area (Å²) in [7, 11) is 2.97. The van der Waals surface area contributed by atoms with Gasteiger partial charge in [-0.05, 0) is 18.6 Å². The van der Waals surface area contributed by atoms with Crippen molar-refractivity contribution in [3.63, 3.8) is 0 Å². The van der Waals surface area contributed by atoms with Crippen molar-refractivity contribution < 1.29 is 9.47 Å². The van der Waals surface area contributed by atoms with Crippen LogP contribution in [0.5, 0.6) is 11.5 Å². The van der Waals surface area contributed by atoms with E-state index in [1.54, 1.807) is 13.0 Å². The topological polar surface area (TPSA) is 42.2 Å². The lowest BCUT2D eigenvalue weighted by Crippen LogP contribution is -1.96. The van der Waals surface area contributed by atoms with Crippen LogP contribution >= 0.6 is 11.6 Å². The van der Waals surface area contributed by atoms with Crippen LogP contribution in [-0.2, 0) is 0 Å². The molecule has 0 saturated heterocycles. The summed E-state index contributed by atoms with van der Waals surface area (Å²) in [5.41, 5.74) is 1.23. The fourth-order valence-corrected chi connectivity index (χ4v) is 1.58. The van der Waals surface area contributed by atoms with Gasteiger partial charge in [0.1, 0.15) is 11.6 Å². The zero-order chi connectivity index (χ0) is 10.7. The molecular weight excluding hydrogens is 202 g/mol. The summed E-state index contributed by atoms with van der Waals surface area (Å²) in [6.07, 6.45) is 0. The van der Waals surface area contributed by atoms with Crippen molar-refractivity contribution in [1.82, 2.24) is 0 Å². The fourth-order valence-electron chi connectivity index (χ4n) is 1.25. The van der Waals surface area contributed by atoms with Crippen molar-refractivity contribution >= 4 is 11.6 Å². The van der Waals surface area contributed by atoms with Gasteiger partial charge in [-0.3, -0.25) is 0 Å². The Morgan fingerprint density at radius 3 is 2.29 bits per heavy atom. The van der Waals surface area contributed by atoms with E-state index in [1.807, 2.05) is 0 Å². The third-order valence-corrected chi connectivity index (χ3v) is 2.19. The molecule has 1 rings (SSSR count). The molecule has 0 amide bonds. The second-order valence-electron chi connectivity index (χ2n) is 2.73. The van der Waals surface area contributed by atoms with Crippen LogP contribution in [0.15, 0.2) is 6.07 Å². The maximum Gasteiger partial charge on any atom is 0.180 e. The van der Waals surface area contributed by atoms with Gasteiger partial charge in [-0.1, -0.05) is 11.6 Å². The molecule has 3 nitrogen and oxygen atoms in total. The van der Waals surface area contributed by atoms with Crippen molar-refractivity contribution in [2.45, 2.75) is 6.92 Å². The third-order valence-electron chi connectivity index (χ3n) is 1.91. The Balaban J connectivity index is 3.53. The molecule has 14 heavy (non-hydrogen) atoms. The molecule has 1 aromatic carbocycles. The first-order valence-corrected chi connectivity index (χ1v) is 4.34. The summed E-state index contributed by atoms with van der Waals surface area (Å²) in [5.74, 6) is 0.788. The fraction of sp³-hybridized carbons (Fsp3) is 0.300. The molecule has 0 aliphatic rings. The quantitative estimate of drug-likeness (QED) is 0.755. The van der Waals surface area contributed by atoms with Crippen molar-refractivity contribution in [2.75, 3.05) is 14.2 Å². The lowest BCUT2D eigenvalue weighted by atomic mass is 10.1. The lowest BCUT2D eigenvalue weighted by molar-refractivity contribution is 0.354. The molecular formula is C10H10ClNO2. The summed E-state index contributed by atoms with van der Waals surface area (Å²) >= 11 is 5.93. The minimum Gasteiger partial charge on any atom is -0.491 e. The second kappa shape index (κ2) is 4.21. The number of methoxy groups -OCH3 is 2. The van der Waals surface area contributed by atoms with Crippen molar-refractivity contribution in [2.24, 2.45) is 0 Å². The molecule has 1 aromatic rings. The van der Waals surface area contributed by atoms with Gasteiger partial charge in [-0.2, -0.15) is 5.26 Å². The number of nitrogens with zero attached hydrogens (tertiary/aromatic N) is 1. The SMILES string of the molecule is COc1c(Cl)cc(C)c(C#N)c1OC. The summed E-state index contributed by atoms with van der Waals surface area (Å²) in [6.45, 7) is 1.80. The monoisotopic (exact) mass is 211 g/mol. The van der Waals surface area contributed by atoms with Gasteiger partial charge in [0.05, 0.1) is 19.2 Å². The van der Waals surface area contributed by atoms with E-state index in [-0.39, 0.29) is 0 Å². The Morgan fingerprint density at radius 1 is 1.29 bits per heavy atom. The molecule has 4 heteroatoms. The van der Waals surface area contributed by atoms with Crippen LogP contribution in [-0.4, -0.2) is 14.2 Å². The smallest absolute Gasteiger partial charge is 0.180 e. The average Bonchev–Trinajstić information content (AvgIpc) is 2.16. The average molecular weight is 212 g/mol. The molecule has 0 heterocycles. The van der Waals surface area contributed by atoms with E-state index < -0.39 is 0 Å². The first-order chi connectivity index (χ1) is 6.65. The Bertz CT molecular complexity index is 396. The van der Waals surface area contributed by atoms with Gasteiger partial charge < -0.3 is 9.47 Å². The van der Waals surface area contributed by atoms with Crippen LogP contribution in [0.3, 0.4) is 0 Å². The number of benzene rings is 1. The summed E-state index contributed by atoms with van der Waals surface area (Å²) in [4.78, 5) is 0. The van der Waals surface area contributed by atoms with Gasteiger partial charge in [-0.15, -0.1) is 0 Å². The van der Waals surface area contributed by atoms with E-state index in [4.69, 9.17) is 26.3 Å². The highest BCUT2D eigenvalue weighted by Gasteiger charge is 2.16. The number of halogens is 1. The van der Waals surface area contributed by atoms with Gasteiger partial charge in [-0.25, -0.2) is 0 Å². The number of aryl methyl sites for hydroxylation is 1. The summed E-state index contributed by atoms with van der Waals surface area (Å²) in [5, 5.41) is 9.36. The standard InChI is InChI=1S/C10H10ClNO2/c1-6-4-8(11)10(14-3)9(13-2)7(6)5-12/h4H,1-3H3. The molecule has 0 unspecified atom stereocenters. The summed E-state index contributed by atoms with van der Waals surface area (Å²) < 4.78 is 10.1. The predicted molar refractivity (Wildman–Crippen MR) is 54.0 cm³/mol. The zero-order valence-corrected chi connectivity index (χ0v) is 8.97. The molecule has 0 saturated carbocycles. The van der Waals surface area contributed by atoms with Crippen LogP contribution < -0.4 is 9.47 Å². The number of hydrogen-bond acceptors (Lipinski definition) is 3. The zero-order valence-electron chi connectivity index (χ0n) is 8.22. The third kappa shape index (κ3) is 1.61. The number of nitriles is 1. The van der Waals surface area contributed by atoms with E-state index in [1.165, 1.54) is 14.2 Å². The van der Waals surface area contributed by atoms with Crippen molar-refractivity contribution in [3.05, 3.63) is 22.2 Å². The Morgan fingerprint density at radius 2 is 1.86 bits per heavy atom. The van der Waals surface area contributed by atoms with Gasteiger partial charge in [0.25, 0.3) is 0 Å². The highest BCUT2D eigenvalue weighted by atomic mass is 35.5. The van der Waals surface area contributed by atoms with Crippen LogP contribution in [0.1, 0.15) is 11.1 Å². The lowest BCUT2D eigenvalue weighted by Gasteiger charge is -2.12. The van der Waals surface area contributed by atoms with E-state index in [0.717, 1.165) is 5.56 Å². The van der Waals surface area contributed by atoms with Gasteiger partial charge in [0, 0.05) is 0 Å². The maximum absolute atomic E-state index is 8.91. The molecule has 0 fully saturated rings. The largest absolute Gasteiger partial charge is 0.491 e. The first kappa shape index (κ1) is 10.7. The molecule has 0 aliphatic carbocycles. The molecule has 0 aliphatic heterocycles.